The molecule has 8 heteroatoms. The van der Waals surface area contributed by atoms with Crippen LogP contribution in [0.4, 0.5) is 0 Å². The van der Waals surface area contributed by atoms with Crippen LogP contribution in [0.1, 0.15) is 37.0 Å². The van der Waals surface area contributed by atoms with Crippen molar-refractivity contribution in [2.24, 2.45) is 0 Å². The number of hydrogen-bond donors (Lipinski definition) is 4. The molecule has 0 bridgehead atoms. The van der Waals surface area contributed by atoms with Crippen molar-refractivity contribution in [1.29, 1.82) is 0 Å². The van der Waals surface area contributed by atoms with E-state index in [2.05, 4.69) is 4.72 Å². The Morgan fingerprint density at radius 2 is 2.00 bits per heavy atom. The molecule has 1 rings (SSSR count). The van der Waals surface area contributed by atoms with Crippen LogP contribution in [0.25, 0.3) is 0 Å². The van der Waals surface area contributed by atoms with Crippen LogP contribution in [-0.4, -0.2) is 41.9 Å². The lowest BCUT2D eigenvalue weighted by molar-refractivity contribution is 0.0693. The average molecular weight is 317 g/mol. The predicted molar refractivity (Wildman–Crippen MR) is 75.8 cm³/mol. The van der Waals surface area contributed by atoms with Gasteiger partial charge in [0.05, 0.1) is 4.90 Å². The number of carbonyl (C=O) groups is 1. The molecule has 1 atom stereocenters. The van der Waals surface area contributed by atoms with Crippen LogP contribution in [0.5, 0.6) is 5.75 Å². The van der Waals surface area contributed by atoms with Gasteiger partial charge >= 0.3 is 5.97 Å². The summed E-state index contributed by atoms with van der Waals surface area (Å²) >= 11 is 0. The Labute approximate surface area is 123 Å². The third kappa shape index (κ3) is 4.16. The summed E-state index contributed by atoms with van der Waals surface area (Å²) in [7, 11) is -3.96. The number of nitrogens with one attached hydrogen (secondary N) is 1. The van der Waals surface area contributed by atoms with Gasteiger partial charge in [-0.15, -0.1) is 0 Å². The van der Waals surface area contributed by atoms with Gasteiger partial charge in [-0.2, -0.15) is 0 Å². The lowest BCUT2D eigenvalue weighted by Crippen LogP contribution is -2.46. The highest BCUT2D eigenvalue weighted by molar-refractivity contribution is 7.89. The second-order valence-electron chi connectivity index (χ2n) is 4.98. The minimum atomic E-state index is -3.96. The lowest BCUT2D eigenvalue weighted by Gasteiger charge is -2.28. The standard InChI is InChI=1S/C13H19NO6S/c1-3-13(2,6-7-15)14-21(19,20)9-4-5-11(16)10(8-9)12(17)18/h4-5,8,14-16H,3,6-7H2,1-2H3,(H,17,18). The van der Waals surface area contributed by atoms with Crippen molar-refractivity contribution in [3.05, 3.63) is 23.8 Å². The second-order valence-corrected chi connectivity index (χ2v) is 6.66. The molecule has 1 aromatic rings. The van der Waals surface area contributed by atoms with Gasteiger partial charge in [0.15, 0.2) is 0 Å². The van der Waals surface area contributed by atoms with Crippen molar-refractivity contribution in [1.82, 2.24) is 4.72 Å². The number of hydrogen-bond acceptors (Lipinski definition) is 5. The molecule has 1 unspecified atom stereocenters. The maximum absolute atomic E-state index is 12.3. The summed E-state index contributed by atoms with van der Waals surface area (Å²) in [4.78, 5) is 10.7. The molecule has 0 aromatic heterocycles. The minimum absolute atomic E-state index is 0.178. The van der Waals surface area contributed by atoms with E-state index in [1.54, 1.807) is 13.8 Å². The molecular formula is C13H19NO6S. The van der Waals surface area contributed by atoms with E-state index in [0.29, 0.717) is 6.42 Å². The number of phenols is 1. The number of aliphatic hydroxyl groups excluding tert-OH is 1. The fourth-order valence-electron chi connectivity index (χ4n) is 1.78. The Bertz CT molecular complexity index is 628. The summed E-state index contributed by atoms with van der Waals surface area (Å²) in [6, 6.07) is 3.04. The van der Waals surface area contributed by atoms with Crippen LogP contribution in [0.2, 0.25) is 0 Å². The normalized spacial score (nSPS) is 14.6. The van der Waals surface area contributed by atoms with Gasteiger partial charge < -0.3 is 15.3 Å². The highest BCUT2D eigenvalue weighted by Gasteiger charge is 2.29. The Kier molecular flexibility index (Phi) is 5.32. The van der Waals surface area contributed by atoms with Gasteiger partial charge in [0.25, 0.3) is 0 Å². The van der Waals surface area contributed by atoms with E-state index in [9.17, 15) is 18.3 Å². The van der Waals surface area contributed by atoms with E-state index in [1.807, 2.05) is 0 Å². The zero-order valence-electron chi connectivity index (χ0n) is 11.8. The summed E-state index contributed by atoms with van der Waals surface area (Å²) in [5, 5.41) is 27.3. The predicted octanol–water partition coefficient (Wildman–Crippen LogP) is 0.920. The highest BCUT2D eigenvalue weighted by atomic mass is 32.2. The molecule has 0 aliphatic carbocycles. The SMILES string of the molecule is CCC(C)(CCO)NS(=O)(=O)c1ccc(O)c(C(=O)O)c1. The van der Waals surface area contributed by atoms with E-state index >= 15 is 0 Å². The molecular weight excluding hydrogens is 298 g/mol. The number of aromatic hydroxyl groups is 1. The molecule has 0 spiro atoms. The molecule has 0 fully saturated rings. The first-order valence-corrected chi connectivity index (χ1v) is 7.84. The van der Waals surface area contributed by atoms with Crippen molar-refractivity contribution >= 4 is 16.0 Å². The molecule has 118 valence electrons. The molecule has 0 radical (unpaired) electrons. The smallest absolute Gasteiger partial charge is 0.339 e. The van der Waals surface area contributed by atoms with E-state index in [0.717, 1.165) is 18.2 Å². The molecule has 0 aliphatic heterocycles. The summed E-state index contributed by atoms with van der Waals surface area (Å²) in [5.74, 6) is -1.92. The maximum atomic E-state index is 12.3. The molecule has 7 nitrogen and oxygen atoms in total. The van der Waals surface area contributed by atoms with Gasteiger partial charge in [-0.3, -0.25) is 0 Å². The van der Waals surface area contributed by atoms with Gasteiger partial charge in [-0.25, -0.2) is 17.9 Å². The maximum Gasteiger partial charge on any atom is 0.339 e. The van der Waals surface area contributed by atoms with Crippen molar-refractivity contribution in [2.45, 2.75) is 37.1 Å². The van der Waals surface area contributed by atoms with Gasteiger partial charge in [0.2, 0.25) is 10.0 Å². The van der Waals surface area contributed by atoms with E-state index < -0.39 is 32.8 Å². The number of aromatic carboxylic acids is 1. The Balaban J connectivity index is 3.20. The summed E-state index contributed by atoms with van der Waals surface area (Å²) in [6.45, 7) is 3.25. The zero-order valence-corrected chi connectivity index (χ0v) is 12.6. The van der Waals surface area contributed by atoms with Gasteiger partial charge in [-0.05, 0) is 38.0 Å². The molecule has 0 amide bonds. The fraction of sp³-hybridized carbons (Fsp3) is 0.462. The number of carboxylic acids is 1. The summed E-state index contributed by atoms with van der Waals surface area (Å²) in [6.07, 6.45) is 0.684. The van der Waals surface area contributed by atoms with Gasteiger partial charge in [-0.1, -0.05) is 6.92 Å². The van der Waals surface area contributed by atoms with Crippen LogP contribution in [0.15, 0.2) is 23.1 Å². The first-order valence-electron chi connectivity index (χ1n) is 6.36. The topological polar surface area (TPSA) is 124 Å². The number of aliphatic hydroxyl groups is 1. The van der Waals surface area contributed by atoms with Crippen LogP contribution < -0.4 is 4.72 Å². The summed E-state index contributed by atoms with van der Waals surface area (Å²) < 4.78 is 27.1. The van der Waals surface area contributed by atoms with Crippen LogP contribution in [0.3, 0.4) is 0 Å². The van der Waals surface area contributed by atoms with Crippen LogP contribution in [0, 0.1) is 0 Å². The zero-order chi connectivity index (χ0) is 16.3. The molecule has 0 heterocycles. The van der Waals surface area contributed by atoms with Crippen LogP contribution >= 0.6 is 0 Å². The minimum Gasteiger partial charge on any atom is -0.507 e. The van der Waals surface area contributed by atoms with Crippen molar-refractivity contribution < 1.29 is 28.5 Å². The first kappa shape index (κ1) is 17.4. The van der Waals surface area contributed by atoms with E-state index in [1.165, 1.54) is 0 Å². The monoisotopic (exact) mass is 317 g/mol. The number of benzene rings is 1. The van der Waals surface area contributed by atoms with E-state index in [4.69, 9.17) is 10.2 Å². The molecule has 1 aromatic carbocycles. The Morgan fingerprint density at radius 3 is 2.48 bits per heavy atom. The molecule has 0 saturated carbocycles. The fourth-order valence-corrected chi connectivity index (χ4v) is 3.32. The van der Waals surface area contributed by atoms with Crippen molar-refractivity contribution in [2.75, 3.05) is 6.61 Å². The molecule has 4 N–H and O–H groups in total. The van der Waals surface area contributed by atoms with Gasteiger partial charge in [0.1, 0.15) is 11.3 Å². The van der Waals surface area contributed by atoms with E-state index in [-0.39, 0.29) is 17.9 Å². The van der Waals surface area contributed by atoms with Crippen molar-refractivity contribution in [3.8, 4) is 5.75 Å². The highest BCUT2D eigenvalue weighted by Crippen LogP contribution is 2.24. The number of sulfonamides is 1. The third-order valence-corrected chi connectivity index (χ3v) is 4.97. The first-order chi connectivity index (χ1) is 9.65. The number of carboxylic acid groups (broad SMARTS) is 1. The average Bonchev–Trinajstić information content (AvgIpc) is 2.38. The second kappa shape index (κ2) is 6.42. The van der Waals surface area contributed by atoms with Crippen molar-refractivity contribution in [3.63, 3.8) is 0 Å². The van der Waals surface area contributed by atoms with Crippen LogP contribution in [-0.2, 0) is 10.0 Å². The summed E-state index contributed by atoms with van der Waals surface area (Å²) in [5.41, 5.74) is -1.33. The third-order valence-electron chi connectivity index (χ3n) is 3.33. The molecule has 0 aliphatic rings. The van der Waals surface area contributed by atoms with Gasteiger partial charge in [0, 0.05) is 12.1 Å². The lowest BCUT2D eigenvalue weighted by atomic mass is 9.97. The Hall–Kier alpha value is -1.64. The molecule has 21 heavy (non-hydrogen) atoms. The number of rotatable bonds is 7. The quantitative estimate of drug-likeness (QED) is 0.593. The largest absolute Gasteiger partial charge is 0.507 e. The molecule has 0 saturated heterocycles. The Morgan fingerprint density at radius 1 is 1.38 bits per heavy atom.